The Hall–Kier alpha value is -3.18. The van der Waals surface area contributed by atoms with E-state index in [0.29, 0.717) is 15.6 Å². The zero-order valence-electron chi connectivity index (χ0n) is 14.2. The molecular weight excluding hydrogens is 359 g/mol. The highest BCUT2D eigenvalue weighted by Crippen LogP contribution is 2.37. The van der Waals surface area contributed by atoms with E-state index < -0.39 is 0 Å². The molecule has 1 saturated heterocycles. The number of rotatable bonds is 3. The third-order valence-corrected chi connectivity index (χ3v) is 4.92. The van der Waals surface area contributed by atoms with Crippen LogP contribution < -0.4 is 4.90 Å². The highest BCUT2D eigenvalue weighted by atomic mass is 32.2. The zero-order chi connectivity index (χ0) is 18.6. The van der Waals surface area contributed by atoms with Gasteiger partial charge in [-0.3, -0.25) is 9.69 Å². The molecule has 4 rings (SSSR count). The van der Waals surface area contributed by atoms with Gasteiger partial charge in [0.05, 0.1) is 16.3 Å². The lowest BCUT2D eigenvalue weighted by Gasteiger charge is -2.15. The summed E-state index contributed by atoms with van der Waals surface area (Å²) < 4.78 is 13.5. The van der Waals surface area contributed by atoms with Crippen molar-refractivity contribution in [2.45, 2.75) is 0 Å². The molecule has 1 aliphatic rings. The fourth-order valence-corrected chi connectivity index (χ4v) is 3.72. The molecule has 3 aromatic carbocycles. The van der Waals surface area contributed by atoms with Crippen molar-refractivity contribution in [1.29, 1.82) is 0 Å². The van der Waals surface area contributed by atoms with Crippen molar-refractivity contribution in [1.82, 2.24) is 0 Å². The van der Waals surface area contributed by atoms with Crippen LogP contribution in [0.4, 0.5) is 15.8 Å². The maximum absolute atomic E-state index is 13.5. The molecule has 0 atom stereocenters. The summed E-state index contributed by atoms with van der Waals surface area (Å²) in [5, 5.41) is 0.569. The van der Waals surface area contributed by atoms with E-state index in [1.54, 1.807) is 23.1 Å². The van der Waals surface area contributed by atoms with Gasteiger partial charge in [-0.2, -0.15) is 0 Å². The SMILES string of the molecule is O=C1/C(=C/c2cccc(F)c2)SC(=Nc2ccccc2)N1c1ccccc1. The van der Waals surface area contributed by atoms with E-state index in [1.807, 2.05) is 60.7 Å². The molecule has 0 unspecified atom stereocenters. The summed E-state index contributed by atoms with van der Waals surface area (Å²) in [7, 11) is 0. The van der Waals surface area contributed by atoms with Crippen LogP contribution in [0.3, 0.4) is 0 Å². The van der Waals surface area contributed by atoms with Crippen molar-refractivity contribution < 1.29 is 9.18 Å². The number of aliphatic imine (C=N–C) groups is 1. The van der Waals surface area contributed by atoms with Crippen LogP contribution in [-0.2, 0) is 4.79 Å². The van der Waals surface area contributed by atoms with E-state index in [0.717, 1.165) is 11.4 Å². The van der Waals surface area contributed by atoms with Crippen LogP contribution in [0.2, 0.25) is 0 Å². The Morgan fingerprint density at radius 3 is 2.30 bits per heavy atom. The van der Waals surface area contributed by atoms with Crippen LogP contribution in [0.25, 0.3) is 6.08 Å². The molecule has 0 N–H and O–H groups in total. The topological polar surface area (TPSA) is 32.7 Å². The smallest absolute Gasteiger partial charge is 0.268 e. The minimum Gasteiger partial charge on any atom is -0.268 e. The Morgan fingerprint density at radius 1 is 0.889 bits per heavy atom. The molecule has 0 spiro atoms. The summed E-state index contributed by atoms with van der Waals surface area (Å²) in [6.45, 7) is 0. The molecule has 3 aromatic rings. The number of amidine groups is 1. The molecular formula is C22H15FN2OS. The van der Waals surface area contributed by atoms with Crippen molar-refractivity contribution in [2.24, 2.45) is 4.99 Å². The number of nitrogens with zero attached hydrogens (tertiary/aromatic N) is 2. The predicted molar refractivity (Wildman–Crippen MR) is 109 cm³/mol. The van der Waals surface area contributed by atoms with Gasteiger partial charge in [-0.15, -0.1) is 0 Å². The summed E-state index contributed by atoms with van der Waals surface area (Å²) >= 11 is 1.28. The Labute approximate surface area is 160 Å². The fraction of sp³-hybridized carbons (Fsp3) is 0. The van der Waals surface area contributed by atoms with Gasteiger partial charge in [-0.25, -0.2) is 9.38 Å². The summed E-state index contributed by atoms with van der Waals surface area (Å²) in [5.41, 5.74) is 2.15. The Morgan fingerprint density at radius 2 is 1.59 bits per heavy atom. The van der Waals surface area contributed by atoms with Crippen LogP contribution in [0.1, 0.15) is 5.56 Å². The molecule has 0 aliphatic carbocycles. The molecule has 1 fully saturated rings. The van der Waals surface area contributed by atoms with Gasteiger partial charge in [0.1, 0.15) is 5.82 Å². The standard InChI is InChI=1S/C22H15FN2OS/c23-17-9-7-8-16(14-17)15-20-21(26)25(19-12-5-2-6-13-19)22(27-20)24-18-10-3-1-4-11-18/h1-15H/b20-15-,24-22?. The molecule has 0 aromatic heterocycles. The minimum atomic E-state index is -0.335. The van der Waals surface area contributed by atoms with Crippen LogP contribution in [0, 0.1) is 5.82 Å². The van der Waals surface area contributed by atoms with Gasteiger partial charge >= 0.3 is 0 Å². The molecule has 5 heteroatoms. The summed E-state index contributed by atoms with van der Waals surface area (Å²) in [5.74, 6) is -0.511. The first kappa shape index (κ1) is 17.2. The molecule has 1 heterocycles. The maximum atomic E-state index is 13.5. The molecule has 132 valence electrons. The van der Waals surface area contributed by atoms with E-state index in [4.69, 9.17) is 0 Å². The summed E-state index contributed by atoms with van der Waals surface area (Å²) in [6.07, 6.45) is 1.69. The zero-order valence-corrected chi connectivity index (χ0v) is 15.1. The van der Waals surface area contributed by atoms with Crippen molar-refractivity contribution in [3.8, 4) is 0 Å². The number of hydrogen-bond acceptors (Lipinski definition) is 3. The Kier molecular flexibility index (Phi) is 4.85. The molecule has 3 nitrogen and oxygen atoms in total. The van der Waals surface area contributed by atoms with E-state index in [2.05, 4.69) is 4.99 Å². The Balaban J connectivity index is 1.77. The van der Waals surface area contributed by atoms with Gasteiger partial charge in [0, 0.05) is 0 Å². The molecule has 0 bridgehead atoms. The second-order valence-electron chi connectivity index (χ2n) is 5.87. The number of hydrogen-bond donors (Lipinski definition) is 0. The molecule has 1 aliphatic heterocycles. The fourth-order valence-electron chi connectivity index (χ4n) is 2.71. The van der Waals surface area contributed by atoms with Crippen LogP contribution >= 0.6 is 11.8 Å². The highest BCUT2D eigenvalue weighted by Gasteiger charge is 2.34. The first-order valence-electron chi connectivity index (χ1n) is 8.39. The average molecular weight is 374 g/mol. The molecule has 0 radical (unpaired) electrons. The van der Waals surface area contributed by atoms with Gasteiger partial charge in [-0.1, -0.05) is 48.5 Å². The quantitative estimate of drug-likeness (QED) is 0.556. The average Bonchev–Trinajstić information content (AvgIpc) is 2.98. The largest absolute Gasteiger partial charge is 0.271 e. The van der Waals surface area contributed by atoms with Gasteiger partial charge in [0.25, 0.3) is 5.91 Å². The Bertz CT molecular complexity index is 1030. The second kappa shape index (κ2) is 7.60. The second-order valence-corrected chi connectivity index (χ2v) is 6.88. The van der Waals surface area contributed by atoms with Crippen molar-refractivity contribution >= 4 is 40.3 Å². The minimum absolute atomic E-state index is 0.176. The van der Waals surface area contributed by atoms with Crippen molar-refractivity contribution in [3.05, 3.63) is 101 Å². The predicted octanol–water partition coefficient (Wildman–Crippen LogP) is 5.63. The van der Waals surface area contributed by atoms with Gasteiger partial charge in [-0.05, 0) is 59.8 Å². The van der Waals surface area contributed by atoms with Crippen molar-refractivity contribution in [2.75, 3.05) is 4.90 Å². The first-order chi connectivity index (χ1) is 13.2. The lowest BCUT2D eigenvalue weighted by molar-refractivity contribution is -0.113. The van der Waals surface area contributed by atoms with Gasteiger partial charge in [0.2, 0.25) is 0 Å². The number of carbonyl (C=O) groups excluding carboxylic acids is 1. The van der Waals surface area contributed by atoms with Crippen LogP contribution in [0.5, 0.6) is 0 Å². The number of amides is 1. The van der Waals surface area contributed by atoms with E-state index in [-0.39, 0.29) is 11.7 Å². The number of benzene rings is 3. The third-order valence-electron chi connectivity index (χ3n) is 3.95. The van der Waals surface area contributed by atoms with Crippen molar-refractivity contribution in [3.63, 3.8) is 0 Å². The first-order valence-corrected chi connectivity index (χ1v) is 9.21. The number of halogens is 1. The van der Waals surface area contributed by atoms with E-state index in [1.165, 1.54) is 23.9 Å². The lowest BCUT2D eigenvalue weighted by Crippen LogP contribution is -2.28. The maximum Gasteiger partial charge on any atom is 0.271 e. The van der Waals surface area contributed by atoms with E-state index >= 15 is 0 Å². The monoisotopic (exact) mass is 374 g/mol. The van der Waals surface area contributed by atoms with Crippen LogP contribution in [-0.4, -0.2) is 11.1 Å². The molecule has 1 amide bonds. The van der Waals surface area contributed by atoms with Crippen LogP contribution in [0.15, 0.2) is 94.8 Å². The third kappa shape index (κ3) is 3.83. The van der Waals surface area contributed by atoms with Gasteiger partial charge in [0.15, 0.2) is 5.17 Å². The number of anilines is 1. The van der Waals surface area contributed by atoms with E-state index in [9.17, 15) is 9.18 Å². The summed E-state index contributed by atoms with van der Waals surface area (Å²) in [6, 6.07) is 25.0. The molecule has 0 saturated carbocycles. The number of para-hydroxylation sites is 2. The lowest BCUT2D eigenvalue weighted by atomic mass is 10.2. The normalized spacial score (nSPS) is 17.1. The number of carbonyl (C=O) groups is 1. The molecule has 27 heavy (non-hydrogen) atoms. The van der Waals surface area contributed by atoms with Gasteiger partial charge < -0.3 is 0 Å². The highest BCUT2D eigenvalue weighted by molar-refractivity contribution is 8.19. The number of thioether (sulfide) groups is 1. The summed E-state index contributed by atoms with van der Waals surface area (Å²) in [4.78, 5) is 19.8.